The SMILES string of the molecule is CCCCCCCCCCCOOOOO. The number of hydrogen-bond donors (Lipinski definition) is 1. The van der Waals surface area contributed by atoms with E-state index in [1.165, 1.54) is 44.9 Å². The van der Waals surface area contributed by atoms with Gasteiger partial charge in [0.2, 0.25) is 0 Å². The van der Waals surface area contributed by atoms with Gasteiger partial charge in [0, 0.05) is 0 Å². The summed E-state index contributed by atoms with van der Waals surface area (Å²) in [5, 5.41) is 18.5. The Labute approximate surface area is 97.4 Å². The molecule has 0 saturated carbocycles. The summed E-state index contributed by atoms with van der Waals surface area (Å²) in [6, 6.07) is 0. The lowest BCUT2D eigenvalue weighted by Gasteiger charge is -2.01. The zero-order valence-corrected chi connectivity index (χ0v) is 10.2. The molecule has 1 N–H and O–H groups in total. The van der Waals surface area contributed by atoms with E-state index < -0.39 is 0 Å². The van der Waals surface area contributed by atoms with Crippen LogP contribution in [0.1, 0.15) is 64.7 Å². The van der Waals surface area contributed by atoms with Gasteiger partial charge in [-0.15, -0.1) is 0 Å². The maximum Gasteiger partial charge on any atom is 0.0855 e. The third kappa shape index (κ3) is 13.8. The minimum Gasteiger partial charge on any atom is -0.219 e. The van der Waals surface area contributed by atoms with E-state index in [0.29, 0.717) is 6.61 Å². The Kier molecular flexibility index (Phi) is 14.6. The molecule has 0 rings (SSSR count). The summed E-state index contributed by atoms with van der Waals surface area (Å²) in [4.78, 5) is 4.53. The van der Waals surface area contributed by atoms with Gasteiger partial charge in [0.1, 0.15) is 0 Å². The number of unbranched alkanes of at least 4 members (excludes halogenated alkanes) is 8. The molecule has 98 valence electrons. The average Bonchev–Trinajstić information content (AvgIpc) is 2.31. The molecule has 0 spiro atoms. The first-order valence-electron chi connectivity index (χ1n) is 6.18. The van der Waals surface area contributed by atoms with Crippen molar-refractivity contribution in [3.8, 4) is 0 Å². The molecule has 16 heavy (non-hydrogen) atoms. The summed E-state index contributed by atoms with van der Waals surface area (Å²) in [6.45, 7) is 2.67. The molecule has 0 radical (unpaired) electrons. The molecule has 0 unspecified atom stereocenters. The van der Waals surface area contributed by atoms with E-state index in [-0.39, 0.29) is 0 Å². The van der Waals surface area contributed by atoms with Crippen molar-refractivity contribution >= 4 is 0 Å². The summed E-state index contributed by atoms with van der Waals surface area (Å²) >= 11 is 0. The highest BCUT2D eigenvalue weighted by atomic mass is 17.8. The van der Waals surface area contributed by atoms with E-state index in [4.69, 9.17) is 5.26 Å². The number of hydrogen-bond acceptors (Lipinski definition) is 5. The van der Waals surface area contributed by atoms with Crippen molar-refractivity contribution in [3.05, 3.63) is 0 Å². The molecule has 0 heterocycles. The van der Waals surface area contributed by atoms with Crippen molar-refractivity contribution in [2.24, 2.45) is 0 Å². The summed E-state index contributed by atoms with van der Waals surface area (Å²) in [6.07, 6.45) is 11.3. The fourth-order valence-corrected chi connectivity index (χ4v) is 1.54. The van der Waals surface area contributed by atoms with E-state index in [2.05, 4.69) is 26.9 Å². The molecule has 0 aromatic rings. The van der Waals surface area contributed by atoms with Gasteiger partial charge < -0.3 is 0 Å². The van der Waals surface area contributed by atoms with Gasteiger partial charge in [-0.3, -0.25) is 0 Å². The van der Waals surface area contributed by atoms with Crippen LogP contribution in [0.4, 0.5) is 0 Å². The zero-order valence-electron chi connectivity index (χ0n) is 10.2. The molecule has 0 aliphatic heterocycles. The fraction of sp³-hybridized carbons (Fsp3) is 1.00. The van der Waals surface area contributed by atoms with Gasteiger partial charge >= 0.3 is 0 Å². The Balaban J connectivity index is 2.83. The normalized spacial score (nSPS) is 10.9. The summed E-state index contributed by atoms with van der Waals surface area (Å²) in [5.74, 6) is 0. The van der Waals surface area contributed by atoms with Crippen LogP contribution in [-0.4, -0.2) is 11.9 Å². The highest BCUT2D eigenvalue weighted by molar-refractivity contribution is 4.45. The van der Waals surface area contributed by atoms with Gasteiger partial charge in [0.05, 0.1) is 6.61 Å². The molecule has 0 aliphatic rings. The third-order valence-corrected chi connectivity index (χ3v) is 2.44. The predicted molar refractivity (Wildman–Crippen MR) is 59.1 cm³/mol. The van der Waals surface area contributed by atoms with E-state index in [1.807, 2.05) is 0 Å². The third-order valence-electron chi connectivity index (χ3n) is 2.44. The Morgan fingerprint density at radius 3 is 1.88 bits per heavy atom. The lowest BCUT2D eigenvalue weighted by Crippen LogP contribution is -1.97. The molecular weight excluding hydrogens is 212 g/mol. The van der Waals surface area contributed by atoms with Crippen LogP contribution in [0, 0.1) is 0 Å². The minimum atomic E-state index is 0.444. The maximum atomic E-state index is 7.70. The van der Waals surface area contributed by atoms with Gasteiger partial charge in [0.25, 0.3) is 0 Å². The second-order valence-corrected chi connectivity index (χ2v) is 3.86. The topological polar surface area (TPSA) is 57.2 Å². The smallest absolute Gasteiger partial charge is 0.0855 e. The lowest BCUT2D eigenvalue weighted by molar-refractivity contribution is -0.702. The fourth-order valence-electron chi connectivity index (χ4n) is 1.54. The summed E-state index contributed by atoms with van der Waals surface area (Å²) in [5.41, 5.74) is 0. The molecule has 0 bridgehead atoms. The van der Waals surface area contributed by atoms with Crippen LogP contribution >= 0.6 is 0 Å². The average molecular weight is 236 g/mol. The molecule has 5 nitrogen and oxygen atoms in total. The minimum absolute atomic E-state index is 0.444. The second-order valence-electron chi connectivity index (χ2n) is 3.86. The van der Waals surface area contributed by atoms with Crippen LogP contribution in [-0.2, 0) is 20.0 Å². The van der Waals surface area contributed by atoms with Crippen LogP contribution in [0.3, 0.4) is 0 Å². The Morgan fingerprint density at radius 1 is 0.750 bits per heavy atom. The molecule has 0 aromatic carbocycles. The molecule has 0 aromatic heterocycles. The first-order valence-corrected chi connectivity index (χ1v) is 6.18. The van der Waals surface area contributed by atoms with Crippen molar-refractivity contribution in [3.63, 3.8) is 0 Å². The molecule has 0 fully saturated rings. The van der Waals surface area contributed by atoms with Crippen LogP contribution in [0.15, 0.2) is 0 Å². The van der Waals surface area contributed by atoms with Gasteiger partial charge in [-0.05, 0) is 21.5 Å². The van der Waals surface area contributed by atoms with Crippen LogP contribution in [0.25, 0.3) is 0 Å². The quantitative estimate of drug-likeness (QED) is 0.299. The highest BCUT2D eigenvalue weighted by Crippen LogP contribution is 2.09. The largest absolute Gasteiger partial charge is 0.219 e. The maximum absolute atomic E-state index is 7.70. The Morgan fingerprint density at radius 2 is 1.31 bits per heavy atom. The van der Waals surface area contributed by atoms with Crippen molar-refractivity contribution in [2.45, 2.75) is 64.7 Å². The lowest BCUT2D eigenvalue weighted by atomic mass is 10.1. The highest BCUT2D eigenvalue weighted by Gasteiger charge is 1.93. The zero-order chi connectivity index (χ0) is 11.9. The van der Waals surface area contributed by atoms with Crippen molar-refractivity contribution in [1.29, 1.82) is 0 Å². The summed E-state index contributed by atoms with van der Waals surface area (Å²) in [7, 11) is 0. The van der Waals surface area contributed by atoms with Crippen LogP contribution in [0.5, 0.6) is 0 Å². The monoisotopic (exact) mass is 236 g/mol. The van der Waals surface area contributed by atoms with E-state index >= 15 is 0 Å². The van der Waals surface area contributed by atoms with Crippen molar-refractivity contribution in [2.75, 3.05) is 6.61 Å². The first-order chi connectivity index (χ1) is 7.91. The molecule has 0 aliphatic carbocycles. The van der Waals surface area contributed by atoms with Gasteiger partial charge in [-0.2, -0.15) is 0 Å². The Bertz CT molecular complexity index is 107. The van der Waals surface area contributed by atoms with E-state index in [9.17, 15) is 0 Å². The van der Waals surface area contributed by atoms with Gasteiger partial charge in [0.15, 0.2) is 0 Å². The van der Waals surface area contributed by atoms with E-state index in [1.54, 1.807) is 0 Å². The Hall–Kier alpha value is -0.200. The second kappa shape index (κ2) is 14.8. The first kappa shape index (κ1) is 15.8. The molecule has 0 saturated heterocycles. The summed E-state index contributed by atoms with van der Waals surface area (Å²) < 4.78 is 0. The van der Waals surface area contributed by atoms with Crippen LogP contribution < -0.4 is 0 Å². The molecule has 0 atom stereocenters. The van der Waals surface area contributed by atoms with Crippen molar-refractivity contribution < 1.29 is 25.3 Å². The van der Waals surface area contributed by atoms with E-state index in [0.717, 1.165) is 12.8 Å². The standard InChI is InChI=1S/C11H24O5/c1-2-3-4-5-6-7-8-9-10-11-13-15-16-14-12/h12H,2-11H2,1H3. The molecular formula is C11H24O5. The van der Waals surface area contributed by atoms with Crippen LogP contribution in [0.2, 0.25) is 0 Å². The van der Waals surface area contributed by atoms with Gasteiger partial charge in [-0.1, -0.05) is 58.3 Å². The van der Waals surface area contributed by atoms with Crippen molar-refractivity contribution in [1.82, 2.24) is 0 Å². The van der Waals surface area contributed by atoms with Gasteiger partial charge in [-0.25, -0.2) is 10.1 Å². The molecule has 0 amide bonds. The predicted octanol–water partition coefficient (Wildman–Crippen LogP) is 3.80. The number of rotatable bonds is 13. The molecule has 5 heteroatoms.